The molecule has 0 amide bonds. The van der Waals surface area contributed by atoms with Gasteiger partial charge in [-0.2, -0.15) is 0 Å². The summed E-state index contributed by atoms with van der Waals surface area (Å²) in [7, 11) is 1.54. The Balaban J connectivity index is 1.59. The number of para-hydroxylation sites is 1. The standard InChI is InChI=1S/C16H16N2O3S/c1-20-18-13-9-5-6-10-14(13)22-15(18)16(19)21-17-11-12-7-3-2-4-8-12/h2-10,15,17H,11H2,1H3. The fourth-order valence-corrected chi connectivity index (χ4v) is 3.32. The highest BCUT2D eigenvalue weighted by molar-refractivity contribution is 8.01. The van der Waals surface area contributed by atoms with Gasteiger partial charge in [0.1, 0.15) is 0 Å². The van der Waals surface area contributed by atoms with Crippen LogP contribution < -0.4 is 10.5 Å². The zero-order valence-electron chi connectivity index (χ0n) is 12.1. The summed E-state index contributed by atoms with van der Waals surface area (Å²) in [5.74, 6) is -0.390. The Morgan fingerprint density at radius 1 is 1.18 bits per heavy atom. The van der Waals surface area contributed by atoms with Crippen LogP contribution in [0.3, 0.4) is 0 Å². The number of hydrogen-bond acceptors (Lipinski definition) is 6. The molecule has 0 spiro atoms. The molecular formula is C16H16N2O3S. The lowest BCUT2D eigenvalue weighted by Crippen LogP contribution is -2.38. The minimum absolute atomic E-state index is 0.390. The zero-order valence-corrected chi connectivity index (χ0v) is 12.9. The molecule has 3 rings (SSSR count). The number of nitrogens with one attached hydrogen (secondary N) is 1. The molecule has 0 saturated heterocycles. The Morgan fingerprint density at radius 2 is 1.91 bits per heavy atom. The zero-order chi connectivity index (χ0) is 15.4. The fraction of sp³-hybridized carbons (Fsp3) is 0.188. The first-order valence-corrected chi connectivity index (χ1v) is 7.74. The number of benzene rings is 2. The summed E-state index contributed by atoms with van der Waals surface area (Å²) in [5.41, 5.74) is 4.62. The van der Waals surface area contributed by atoms with E-state index in [1.807, 2.05) is 54.6 Å². The van der Waals surface area contributed by atoms with E-state index in [0.29, 0.717) is 6.54 Å². The van der Waals surface area contributed by atoms with Crippen molar-refractivity contribution in [1.29, 1.82) is 0 Å². The maximum Gasteiger partial charge on any atom is 0.360 e. The van der Waals surface area contributed by atoms with Crippen molar-refractivity contribution in [3.8, 4) is 0 Å². The molecule has 114 valence electrons. The lowest BCUT2D eigenvalue weighted by atomic mass is 10.2. The second-order valence-electron chi connectivity index (χ2n) is 4.67. The summed E-state index contributed by atoms with van der Waals surface area (Å²) in [5, 5.41) is 1.01. The molecule has 22 heavy (non-hydrogen) atoms. The van der Waals surface area contributed by atoms with Crippen LogP contribution in [0.1, 0.15) is 5.56 Å². The van der Waals surface area contributed by atoms with Crippen molar-refractivity contribution in [1.82, 2.24) is 5.48 Å². The van der Waals surface area contributed by atoms with Crippen LogP contribution in [0.15, 0.2) is 59.5 Å². The first kappa shape index (κ1) is 14.9. The molecule has 0 fully saturated rings. The average Bonchev–Trinajstić information content (AvgIpc) is 2.94. The number of hydrogen-bond donors (Lipinski definition) is 1. The van der Waals surface area contributed by atoms with Gasteiger partial charge >= 0.3 is 5.97 Å². The Labute approximate surface area is 133 Å². The highest BCUT2D eigenvalue weighted by atomic mass is 32.2. The molecule has 1 N–H and O–H groups in total. The number of fused-ring (bicyclic) bond motifs is 1. The number of thioether (sulfide) groups is 1. The van der Waals surface area contributed by atoms with Gasteiger partial charge in [0.05, 0.1) is 19.3 Å². The molecule has 0 aromatic heterocycles. The molecule has 0 bridgehead atoms. The highest BCUT2D eigenvalue weighted by Crippen LogP contribution is 2.43. The van der Waals surface area contributed by atoms with Gasteiger partial charge in [-0.25, -0.2) is 9.86 Å². The summed E-state index contributed by atoms with van der Waals surface area (Å²) < 4.78 is 0. The molecular weight excluding hydrogens is 300 g/mol. The van der Waals surface area contributed by atoms with Crippen LogP contribution in [0.2, 0.25) is 0 Å². The Hall–Kier alpha value is -2.02. The summed E-state index contributed by atoms with van der Waals surface area (Å²) >= 11 is 1.41. The van der Waals surface area contributed by atoms with Gasteiger partial charge in [0.2, 0.25) is 5.37 Å². The van der Waals surface area contributed by atoms with Crippen LogP contribution in [0.5, 0.6) is 0 Å². The Morgan fingerprint density at radius 3 is 2.68 bits per heavy atom. The lowest BCUT2D eigenvalue weighted by molar-refractivity contribution is -0.152. The highest BCUT2D eigenvalue weighted by Gasteiger charge is 2.37. The third kappa shape index (κ3) is 3.09. The number of carbonyl (C=O) groups is 1. The topological polar surface area (TPSA) is 50.8 Å². The normalized spacial score (nSPS) is 16.4. The smallest absolute Gasteiger partial charge is 0.360 e. The van der Waals surface area contributed by atoms with Gasteiger partial charge in [-0.1, -0.05) is 54.2 Å². The molecule has 2 aromatic rings. The third-order valence-electron chi connectivity index (χ3n) is 3.24. The molecule has 1 unspecified atom stereocenters. The van der Waals surface area contributed by atoms with Crippen LogP contribution in [-0.4, -0.2) is 18.5 Å². The largest absolute Gasteiger partial charge is 0.368 e. The molecule has 1 heterocycles. The van der Waals surface area contributed by atoms with Crippen LogP contribution in [0.4, 0.5) is 5.69 Å². The number of carbonyl (C=O) groups excluding carboxylic acids is 1. The Kier molecular flexibility index (Phi) is 4.62. The van der Waals surface area contributed by atoms with Crippen molar-refractivity contribution in [2.45, 2.75) is 16.8 Å². The van der Waals surface area contributed by atoms with E-state index in [0.717, 1.165) is 16.1 Å². The molecule has 5 nitrogen and oxygen atoms in total. The van der Waals surface area contributed by atoms with Gasteiger partial charge in [0.15, 0.2) is 0 Å². The monoisotopic (exact) mass is 316 g/mol. The quantitative estimate of drug-likeness (QED) is 0.856. The van der Waals surface area contributed by atoms with Gasteiger partial charge < -0.3 is 4.84 Å². The molecule has 2 aromatic carbocycles. The van der Waals surface area contributed by atoms with E-state index in [9.17, 15) is 4.79 Å². The summed E-state index contributed by atoms with van der Waals surface area (Å²) in [6, 6.07) is 17.5. The predicted molar refractivity (Wildman–Crippen MR) is 84.9 cm³/mol. The van der Waals surface area contributed by atoms with Crippen molar-refractivity contribution in [2.24, 2.45) is 0 Å². The predicted octanol–water partition coefficient (Wildman–Crippen LogP) is 2.73. The van der Waals surface area contributed by atoms with E-state index in [1.165, 1.54) is 11.8 Å². The van der Waals surface area contributed by atoms with Gasteiger partial charge in [-0.15, -0.1) is 5.48 Å². The second-order valence-corrected chi connectivity index (χ2v) is 5.80. The van der Waals surface area contributed by atoms with Crippen molar-refractivity contribution < 1.29 is 14.5 Å². The number of nitrogens with zero attached hydrogens (tertiary/aromatic N) is 1. The second kappa shape index (κ2) is 6.83. The third-order valence-corrected chi connectivity index (χ3v) is 4.45. The molecule has 6 heteroatoms. The maximum atomic E-state index is 12.2. The van der Waals surface area contributed by atoms with E-state index >= 15 is 0 Å². The first-order chi connectivity index (χ1) is 10.8. The van der Waals surface area contributed by atoms with Gasteiger partial charge in [-0.05, 0) is 17.7 Å². The van der Waals surface area contributed by atoms with Crippen LogP contribution in [0, 0.1) is 0 Å². The van der Waals surface area contributed by atoms with Crippen LogP contribution in [-0.2, 0) is 21.0 Å². The number of rotatable bonds is 5. The molecule has 1 atom stereocenters. The van der Waals surface area contributed by atoms with Crippen LogP contribution in [0.25, 0.3) is 0 Å². The van der Waals surface area contributed by atoms with Crippen molar-refractivity contribution in [3.05, 3.63) is 60.2 Å². The SMILES string of the molecule is CON1c2ccccc2SC1C(=O)ONCc1ccccc1. The minimum Gasteiger partial charge on any atom is -0.368 e. The minimum atomic E-state index is -0.550. The molecule has 0 aliphatic carbocycles. The summed E-state index contributed by atoms with van der Waals surface area (Å²) in [6.07, 6.45) is 0. The van der Waals surface area contributed by atoms with E-state index in [1.54, 1.807) is 12.2 Å². The van der Waals surface area contributed by atoms with Crippen molar-refractivity contribution in [2.75, 3.05) is 12.2 Å². The first-order valence-electron chi connectivity index (χ1n) is 6.86. The molecule has 0 radical (unpaired) electrons. The van der Waals surface area contributed by atoms with E-state index in [4.69, 9.17) is 9.68 Å². The lowest BCUT2D eigenvalue weighted by Gasteiger charge is -2.21. The molecule has 1 aliphatic heterocycles. The van der Waals surface area contributed by atoms with Gasteiger partial charge in [0, 0.05) is 4.90 Å². The van der Waals surface area contributed by atoms with Gasteiger partial charge in [-0.3, -0.25) is 4.84 Å². The Bertz CT molecular complexity index is 651. The van der Waals surface area contributed by atoms with E-state index < -0.39 is 5.37 Å². The molecule has 0 saturated carbocycles. The average molecular weight is 316 g/mol. The molecule has 1 aliphatic rings. The van der Waals surface area contributed by atoms with Gasteiger partial charge in [0.25, 0.3) is 0 Å². The number of anilines is 1. The van der Waals surface area contributed by atoms with E-state index in [-0.39, 0.29) is 5.97 Å². The summed E-state index contributed by atoms with van der Waals surface area (Å²) in [6.45, 7) is 0.462. The van der Waals surface area contributed by atoms with Crippen molar-refractivity contribution >= 4 is 23.4 Å². The van der Waals surface area contributed by atoms with Crippen molar-refractivity contribution in [3.63, 3.8) is 0 Å². The number of hydroxylamine groups is 2. The van der Waals surface area contributed by atoms with Crippen LogP contribution >= 0.6 is 11.8 Å². The maximum absolute atomic E-state index is 12.2. The fourth-order valence-electron chi connectivity index (χ4n) is 2.21. The van der Waals surface area contributed by atoms with E-state index in [2.05, 4.69) is 5.48 Å². The summed E-state index contributed by atoms with van der Waals surface area (Å²) in [4.78, 5) is 23.7.